The van der Waals surface area contributed by atoms with E-state index in [-0.39, 0.29) is 15.8 Å². The van der Waals surface area contributed by atoms with Crippen molar-refractivity contribution in [3.8, 4) is 0 Å². The van der Waals surface area contributed by atoms with E-state index in [1.165, 1.54) is 36.4 Å². The number of sulfonamides is 1. The summed E-state index contributed by atoms with van der Waals surface area (Å²) in [4.78, 5) is 12.3. The van der Waals surface area contributed by atoms with Gasteiger partial charge in [0, 0.05) is 17.8 Å². The summed E-state index contributed by atoms with van der Waals surface area (Å²) in [7, 11) is -3.83. The molecule has 0 aliphatic carbocycles. The fourth-order valence-electron chi connectivity index (χ4n) is 3.21. The van der Waals surface area contributed by atoms with Gasteiger partial charge in [0.2, 0.25) is 5.91 Å². The zero-order valence-corrected chi connectivity index (χ0v) is 19.6. The van der Waals surface area contributed by atoms with E-state index in [1.54, 1.807) is 13.0 Å². The third kappa shape index (κ3) is 5.66. The van der Waals surface area contributed by atoms with Gasteiger partial charge in [0.05, 0.1) is 4.90 Å². The van der Waals surface area contributed by atoms with Crippen LogP contribution in [-0.2, 0) is 14.8 Å². The van der Waals surface area contributed by atoms with Gasteiger partial charge in [-0.3, -0.25) is 14.8 Å². The van der Waals surface area contributed by atoms with Gasteiger partial charge in [0.25, 0.3) is 10.0 Å². The number of fused-ring (bicyclic) bond motifs is 1. The van der Waals surface area contributed by atoms with Crippen LogP contribution in [0.15, 0.2) is 88.3 Å². The second-order valence-corrected chi connectivity index (χ2v) is 9.39. The summed E-state index contributed by atoms with van der Waals surface area (Å²) in [5.74, 6) is 0.191. The molecule has 0 atom stereocenters. The Morgan fingerprint density at radius 3 is 2.50 bits per heavy atom. The van der Waals surface area contributed by atoms with Crippen LogP contribution in [0.4, 0.5) is 11.5 Å². The first-order valence-electron chi connectivity index (χ1n) is 10.1. The zero-order chi connectivity index (χ0) is 24.1. The van der Waals surface area contributed by atoms with Crippen LogP contribution in [-0.4, -0.2) is 24.6 Å². The predicted octanol–water partition coefficient (Wildman–Crippen LogP) is 4.46. The van der Waals surface area contributed by atoms with Gasteiger partial charge in [-0.05, 0) is 65.8 Å². The molecule has 1 heterocycles. The van der Waals surface area contributed by atoms with Crippen molar-refractivity contribution in [2.75, 3.05) is 10.0 Å². The van der Waals surface area contributed by atoms with Crippen LogP contribution in [0.5, 0.6) is 0 Å². The highest BCUT2D eigenvalue weighted by atomic mass is 32.2. The lowest BCUT2D eigenvalue weighted by molar-refractivity contribution is -0.115. The van der Waals surface area contributed by atoms with Crippen molar-refractivity contribution < 1.29 is 17.7 Å². The Kier molecular flexibility index (Phi) is 6.71. The van der Waals surface area contributed by atoms with E-state index in [4.69, 9.17) is 16.7 Å². The summed E-state index contributed by atoms with van der Waals surface area (Å²) >= 11 is 5.19. The smallest absolute Gasteiger partial charge is 0.263 e. The quantitative estimate of drug-likeness (QED) is 0.269. The van der Waals surface area contributed by atoms with Crippen LogP contribution in [0, 0.1) is 6.92 Å². The molecule has 0 saturated carbocycles. The molecule has 4 rings (SSSR count). The first kappa shape index (κ1) is 23.1. The van der Waals surface area contributed by atoms with Crippen LogP contribution in [0.1, 0.15) is 11.3 Å². The molecule has 8 nitrogen and oxygen atoms in total. The Morgan fingerprint density at radius 1 is 1.03 bits per heavy atom. The van der Waals surface area contributed by atoms with Crippen LogP contribution >= 0.6 is 12.2 Å². The number of aromatic nitrogens is 1. The summed E-state index contributed by atoms with van der Waals surface area (Å²) in [5, 5.41) is 11.3. The van der Waals surface area contributed by atoms with Gasteiger partial charge in [0.1, 0.15) is 5.76 Å². The summed E-state index contributed by atoms with van der Waals surface area (Å²) < 4.78 is 32.1. The van der Waals surface area contributed by atoms with Crippen molar-refractivity contribution in [1.82, 2.24) is 10.5 Å². The lowest BCUT2D eigenvalue weighted by atomic mass is 10.0. The minimum atomic E-state index is -3.83. The van der Waals surface area contributed by atoms with E-state index in [0.717, 1.165) is 16.3 Å². The molecule has 0 aliphatic heterocycles. The third-order valence-electron chi connectivity index (χ3n) is 4.76. The van der Waals surface area contributed by atoms with Gasteiger partial charge in [-0.2, -0.15) is 0 Å². The molecule has 0 spiro atoms. The highest BCUT2D eigenvalue weighted by Crippen LogP contribution is 2.20. The van der Waals surface area contributed by atoms with Crippen molar-refractivity contribution in [2.24, 2.45) is 0 Å². The SMILES string of the molecule is Cc1cc(NS(=O)(=O)c2ccc(NC(=S)NC(=O)/C=C/c3cccc4ccccc34)cc2)no1. The van der Waals surface area contributed by atoms with Gasteiger partial charge in [-0.15, -0.1) is 0 Å². The molecular formula is C24H20N4O4S2. The van der Waals surface area contributed by atoms with Crippen LogP contribution in [0.25, 0.3) is 16.8 Å². The number of thiocarbonyl (C=S) groups is 1. The number of amides is 1. The molecule has 0 bridgehead atoms. The molecule has 0 fully saturated rings. The van der Waals surface area contributed by atoms with E-state index < -0.39 is 15.9 Å². The fourth-order valence-corrected chi connectivity index (χ4v) is 4.41. The van der Waals surface area contributed by atoms with E-state index in [1.807, 2.05) is 42.5 Å². The molecule has 1 amide bonds. The standard InChI is InChI=1S/C24H20N4O4S2/c1-16-15-22(27-32-16)28-34(30,31)20-12-10-19(11-13-20)25-24(33)26-23(29)14-9-18-7-4-6-17-5-2-3-8-21(17)18/h2-15H,1H3,(H,27,28)(H2,25,26,29,33)/b14-9+. The Morgan fingerprint density at radius 2 is 1.76 bits per heavy atom. The molecule has 0 aliphatic rings. The molecule has 34 heavy (non-hydrogen) atoms. The molecular weight excluding hydrogens is 472 g/mol. The van der Waals surface area contributed by atoms with E-state index in [9.17, 15) is 13.2 Å². The molecule has 0 radical (unpaired) electrons. The summed E-state index contributed by atoms with van der Waals surface area (Å²) in [6.45, 7) is 1.66. The van der Waals surface area contributed by atoms with E-state index in [0.29, 0.717) is 11.4 Å². The monoisotopic (exact) mass is 492 g/mol. The van der Waals surface area contributed by atoms with E-state index in [2.05, 4.69) is 20.5 Å². The first-order valence-corrected chi connectivity index (χ1v) is 12.0. The number of nitrogens with one attached hydrogen (secondary N) is 3. The van der Waals surface area contributed by atoms with Crippen molar-refractivity contribution in [1.29, 1.82) is 0 Å². The number of hydrogen-bond acceptors (Lipinski definition) is 6. The summed E-state index contributed by atoms with van der Waals surface area (Å²) in [6, 6.07) is 21.1. The van der Waals surface area contributed by atoms with Gasteiger partial charge >= 0.3 is 0 Å². The highest BCUT2D eigenvalue weighted by molar-refractivity contribution is 7.92. The Balaban J connectivity index is 1.35. The van der Waals surface area contributed by atoms with Crippen molar-refractivity contribution >= 4 is 61.6 Å². The minimum Gasteiger partial charge on any atom is -0.360 e. The number of benzene rings is 3. The van der Waals surface area contributed by atoms with Crippen LogP contribution in [0.2, 0.25) is 0 Å². The molecule has 3 N–H and O–H groups in total. The number of carbonyl (C=O) groups excluding carboxylic acids is 1. The van der Waals surface area contributed by atoms with Gasteiger partial charge in [-0.1, -0.05) is 47.6 Å². The van der Waals surface area contributed by atoms with Crippen LogP contribution < -0.4 is 15.4 Å². The van der Waals surface area contributed by atoms with Gasteiger partial charge in [0.15, 0.2) is 10.9 Å². The maximum Gasteiger partial charge on any atom is 0.263 e. The largest absolute Gasteiger partial charge is 0.360 e. The van der Waals surface area contributed by atoms with Crippen molar-refractivity contribution in [2.45, 2.75) is 11.8 Å². The normalized spacial score (nSPS) is 11.4. The van der Waals surface area contributed by atoms with E-state index >= 15 is 0 Å². The Hall–Kier alpha value is -4.02. The van der Waals surface area contributed by atoms with Crippen LogP contribution in [0.3, 0.4) is 0 Å². The number of carbonyl (C=O) groups is 1. The minimum absolute atomic E-state index is 0.0340. The molecule has 1 aromatic heterocycles. The van der Waals surface area contributed by atoms with Gasteiger partial charge < -0.3 is 9.84 Å². The average Bonchev–Trinajstić information content (AvgIpc) is 3.21. The third-order valence-corrected chi connectivity index (χ3v) is 6.34. The lowest BCUT2D eigenvalue weighted by Gasteiger charge is -2.09. The molecule has 4 aromatic rings. The maximum absolute atomic E-state index is 12.5. The molecule has 3 aromatic carbocycles. The number of rotatable bonds is 6. The second kappa shape index (κ2) is 9.86. The topological polar surface area (TPSA) is 113 Å². The maximum atomic E-state index is 12.5. The highest BCUT2D eigenvalue weighted by Gasteiger charge is 2.16. The first-order chi connectivity index (χ1) is 16.3. The Bertz CT molecular complexity index is 1490. The fraction of sp³-hybridized carbons (Fsp3) is 0.0417. The molecule has 0 unspecified atom stereocenters. The van der Waals surface area contributed by atoms with Gasteiger partial charge in [-0.25, -0.2) is 8.42 Å². The molecule has 0 saturated heterocycles. The number of anilines is 2. The number of aryl methyl sites for hydroxylation is 1. The summed E-state index contributed by atoms with van der Waals surface area (Å²) in [6.07, 6.45) is 3.13. The second-order valence-electron chi connectivity index (χ2n) is 7.30. The van der Waals surface area contributed by atoms with Crippen molar-refractivity contribution in [3.05, 3.63) is 90.2 Å². The lowest BCUT2D eigenvalue weighted by Crippen LogP contribution is -2.32. The predicted molar refractivity (Wildman–Crippen MR) is 136 cm³/mol. The average molecular weight is 493 g/mol. The zero-order valence-electron chi connectivity index (χ0n) is 18.0. The molecule has 172 valence electrons. The number of nitrogens with zero attached hydrogens (tertiary/aromatic N) is 1. The molecule has 10 heteroatoms. The van der Waals surface area contributed by atoms with Crippen molar-refractivity contribution in [3.63, 3.8) is 0 Å². The summed E-state index contributed by atoms with van der Waals surface area (Å²) in [5.41, 5.74) is 1.43. The number of hydrogen-bond donors (Lipinski definition) is 3. The Labute approximate surface area is 201 Å².